The molecule has 4 nitrogen and oxygen atoms in total. The molecular weight excluding hydrogens is 230 g/mol. The van der Waals surface area contributed by atoms with Gasteiger partial charge in [0.1, 0.15) is 12.4 Å². The molecule has 0 radical (unpaired) electrons. The Labute approximate surface area is 108 Å². The summed E-state index contributed by atoms with van der Waals surface area (Å²) in [5.74, 6) is -0.157. The second kappa shape index (κ2) is 6.40. The Morgan fingerprint density at radius 1 is 1.33 bits per heavy atom. The first-order chi connectivity index (χ1) is 8.45. The molecule has 0 saturated carbocycles. The van der Waals surface area contributed by atoms with E-state index in [4.69, 9.17) is 9.84 Å². The van der Waals surface area contributed by atoms with Crippen LogP contribution in [0.15, 0.2) is 24.3 Å². The normalized spacial score (nSPS) is 11.3. The summed E-state index contributed by atoms with van der Waals surface area (Å²) >= 11 is 0. The standard InChI is InChI=1S/C14H21NO3/c1-4-15-9-11-5-7-12(8-6-11)18-10-14(2,3)13(16)17/h5-8,15H,4,9-10H2,1-3H3,(H,16,17). The minimum Gasteiger partial charge on any atom is -0.492 e. The average Bonchev–Trinajstić information content (AvgIpc) is 2.35. The Kier molecular flexibility index (Phi) is 5.16. The van der Waals surface area contributed by atoms with E-state index in [-0.39, 0.29) is 6.61 Å². The van der Waals surface area contributed by atoms with Crippen LogP contribution in [-0.4, -0.2) is 24.2 Å². The maximum absolute atomic E-state index is 10.9. The summed E-state index contributed by atoms with van der Waals surface area (Å²) < 4.78 is 5.49. The highest BCUT2D eigenvalue weighted by Crippen LogP contribution is 2.19. The van der Waals surface area contributed by atoms with E-state index in [1.165, 1.54) is 5.56 Å². The number of carboxylic acid groups (broad SMARTS) is 1. The first-order valence-electron chi connectivity index (χ1n) is 6.11. The van der Waals surface area contributed by atoms with Gasteiger partial charge in [0.2, 0.25) is 0 Å². The van der Waals surface area contributed by atoms with E-state index < -0.39 is 11.4 Å². The zero-order valence-electron chi connectivity index (χ0n) is 11.2. The Hall–Kier alpha value is -1.55. The van der Waals surface area contributed by atoms with E-state index in [1.54, 1.807) is 13.8 Å². The second-order valence-electron chi connectivity index (χ2n) is 4.90. The molecule has 2 N–H and O–H groups in total. The molecular formula is C14H21NO3. The van der Waals surface area contributed by atoms with Crippen molar-refractivity contribution >= 4 is 5.97 Å². The highest BCUT2D eigenvalue weighted by atomic mass is 16.5. The minimum absolute atomic E-state index is 0.162. The minimum atomic E-state index is -0.873. The molecule has 0 aliphatic heterocycles. The van der Waals surface area contributed by atoms with Crippen molar-refractivity contribution in [1.29, 1.82) is 0 Å². The lowest BCUT2D eigenvalue weighted by molar-refractivity contribution is -0.148. The van der Waals surface area contributed by atoms with E-state index in [0.717, 1.165) is 13.1 Å². The predicted molar refractivity (Wildman–Crippen MR) is 70.7 cm³/mol. The van der Waals surface area contributed by atoms with E-state index in [0.29, 0.717) is 5.75 Å². The van der Waals surface area contributed by atoms with Crippen LogP contribution in [0.3, 0.4) is 0 Å². The number of benzene rings is 1. The Bertz CT molecular complexity index is 385. The lowest BCUT2D eigenvalue weighted by Crippen LogP contribution is -2.30. The highest BCUT2D eigenvalue weighted by molar-refractivity contribution is 5.73. The fourth-order valence-electron chi connectivity index (χ4n) is 1.30. The molecule has 18 heavy (non-hydrogen) atoms. The van der Waals surface area contributed by atoms with Crippen molar-refractivity contribution in [2.75, 3.05) is 13.2 Å². The monoisotopic (exact) mass is 251 g/mol. The predicted octanol–water partition coefficient (Wildman–Crippen LogP) is 2.29. The average molecular weight is 251 g/mol. The van der Waals surface area contributed by atoms with Crippen LogP contribution in [0.5, 0.6) is 5.75 Å². The Morgan fingerprint density at radius 3 is 2.44 bits per heavy atom. The summed E-state index contributed by atoms with van der Waals surface area (Å²) in [5, 5.41) is 12.2. The van der Waals surface area contributed by atoms with Crippen molar-refractivity contribution in [3.8, 4) is 5.75 Å². The Morgan fingerprint density at radius 2 is 1.94 bits per heavy atom. The van der Waals surface area contributed by atoms with Crippen molar-refractivity contribution in [1.82, 2.24) is 5.32 Å². The smallest absolute Gasteiger partial charge is 0.312 e. The maximum atomic E-state index is 10.9. The van der Waals surface area contributed by atoms with Gasteiger partial charge in [0.05, 0.1) is 5.41 Å². The molecule has 100 valence electrons. The molecule has 0 heterocycles. The van der Waals surface area contributed by atoms with Crippen LogP contribution in [0.25, 0.3) is 0 Å². The molecule has 0 amide bonds. The third-order valence-corrected chi connectivity index (χ3v) is 2.68. The molecule has 0 saturated heterocycles. The van der Waals surface area contributed by atoms with Crippen molar-refractivity contribution in [2.24, 2.45) is 5.41 Å². The van der Waals surface area contributed by atoms with Gasteiger partial charge >= 0.3 is 5.97 Å². The summed E-state index contributed by atoms with van der Waals surface area (Å²) in [6.07, 6.45) is 0. The zero-order valence-corrected chi connectivity index (χ0v) is 11.2. The number of hydrogen-bond donors (Lipinski definition) is 2. The summed E-state index contributed by atoms with van der Waals surface area (Å²) in [7, 11) is 0. The van der Waals surface area contributed by atoms with Crippen molar-refractivity contribution in [3.05, 3.63) is 29.8 Å². The number of rotatable bonds is 7. The van der Waals surface area contributed by atoms with Crippen LogP contribution in [0, 0.1) is 5.41 Å². The van der Waals surface area contributed by atoms with E-state index in [2.05, 4.69) is 12.2 Å². The van der Waals surface area contributed by atoms with Crippen LogP contribution in [0.1, 0.15) is 26.3 Å². The van der Waals surface area contributed by atoms with Gasteiger partial charge in [-0.2, -0.15) is 0 Å². The number of ether oxygens (including phenoxy) is 1. The highest BCUT2D eigenvalue weighted by Gasteiger charge is 2.28. The summed E-state index contributed by atoms with van der Waals surface area (Å²) in [6, 6.07) is 7.69. The van der Waals surface area contributed by atoms with Gasteiger partial charge in [0.25, 0.3) is 0 Å². The van der Waals surface area contributed by atoms with Gasteiger partial charge in [-0.1, -0.05) is 19.1 Å². The number of aliphatic carboxylic acids is 1. The van der Waals surface area contributed by atoms with E-state index >= 15 is 0 Å². The maximum Gasteiger partial charge on any atom is 0.312 e. The van der Waals surface area contributed by atoms with E-state index in [9.17, 15) is 4.79 Å². The number of carboxylic acids is 1. The second-order valence-corrected chi connectivity index (χ2v) is 4.90. The van der Waals surface area contributed by atoms with Gasteiger partial charge < -0.3 is 15.2 Å². The summed E-state index contributed by atoms with van der Waals surface area (Å²) in [5.41, 5.74) is 0.310. The summed E-state index contributed by atoms with van der Waals surface area (Å²) in [6.45, 7) is 7.28. The molecule has 1 aromatic rings. The third kappa shape index (κ3) is 4.37. The van der Waals surface area contributed by atoms with Crippen molar-refractivity contribution in [3.63, 3.8) is 0 Å². The molecule has 0 fully saturated rings. The lowest BCUT2D eigenvalue weighted by atomic mass is 9.95. The van der Waals surface area contributed by atoms with Gasteiger partial charge in [0.15, 0.2) is 0 Å². The largest absolute Gasteiger partial charge is 0.492 e. The molecule has 0 bridgehead atoms. The molecule has 1 rings (SSSR count). The molecule has 0 atom stereocenters. The van der Waals surface area contributed by atoms with Crippen LogP contribution in [0.2, 0.25) is 0 Å². The number of carbonyl (C=O) groups is 1. The Balaban J connectivity index is 2.51. The molecule has 0 spiro atoms. The van der Waals surface area contributed by atoms with E-state index in [1.807, 2.05) is 24.3 Å². The molecule has 0 aromatic heterocycles. The van der Waals surface area contributed by atoms with Gasteiger partial charge in [-0.15, -0.1) is 0 Å². The van der Waals surface area contributed by atoms with Gasteiger partial charge in [-0.3, -0.25) is 4.79 Å². The molecule has 1 aromatic carbocycles. The number of nitrogens with one attached hydrogen (secondary N) is 1. The fraction of sp³-hybridized carbons (Fsp3) is 0.500. The first-order valence-corrected chi connectivity index (χ1v) is 6.11. The van der Waals surface area contributed by atoms with Crippen LogP contribution in [0.4, 0.5) is 0 Å². The number of hydrogen-bond acceptors (Lipinski definition) is 3. The lowest BCUT2D eigenvalue weighted by Gasteiger charge is -2.19. The quantitative estimate of drug-likeness (QED) is 0.780. The van der Waals surface area contributed by atoms with Crippen molar-refractivity contribution < 1.29 is 14.6 Å². The van der Waals surface area contributed by atoms with Gasteiger partial charge in [0, 0.05) is 6.54 Å². The fourth-order valence-corrected chi connectivity index (χ4v) is 1.30. The molecule has 0 unspecified atom stereocenters. The third-order valence-electron chi connectivity index (χ3n) is 2.68. The van der Waals surface area contributed by atoms with Crippen LogP contribution < -0.4 is 10.1 Å². The SMILES string of the molecule is CCNCc1ccc(OCC(C)(C)C(=O)O)cc1. The molecule has 0 aliphatic rings. The van der Waals surface area contributed by atoms with Gasteiger partial charge in [-0.05, 0) is 38.1 Å². The first kappa shape index (κ1) is 14.5. The van der Waals surface area contributed by atoms with Crippen molar-refractivity contribution in [2.45, 2.75) is 27.3 Å². The zero-order chi connectivity index (χ0) is 13.6. The van der Waals surface area contributed by atoms with Gasteiger partial charge in [-0.25, -0.2) is 0 Å². The topological polar surface area (TPSA) is 58.6 Å². The van der Waals surface area contributed by atoms with Crippen LogP contribution >= 0.6 is 0 Å². The molecule has 4 heteroatoms. The van der Waals surface area contributed by atoms with Crippen LogP contribution in [-0.2, 0) is 11.3 Å². The summed E-state index contributed by atoms with van der Waals surface area (Å²) in [4.78, 5) is 10.9. The molecule has 0 aliphatic carbocycles.